The Morgan fingerprint density at radius 2 is 1.07 bits per heavy atom. The van der Waals surface area contributed by atoms with E-state index in [1.807, 2.05) is 57.2 Å². The summed E-state index contributed by atoms with van der Waals surface area (Å²) in [5.74, 6) is 1.49. The van der Waals surface area contributed by atoms with E-state index in [-0.39, 0.29) is 18.8 Å². The minimum atomic E-state index is -0.557. The summed E-state index contributed by atoms with van der Waals surface area (Å²) in [5.41, 5.74) is 1.22. The minimum absolute atomic E-state index is 0.148. The lowest BCUT2D eigenvalue weighted by molar-refractivity contribution is -0.188. The van der Waals surface area contributed by atoms with Gasteiger partial charge in [-0.15, -0.1) is 0 Å². The Balaban J connectivity index is 1.68. The molecule has 6 heteroatoms. The Hall–Kier alpha value is -3.16. The summed E-state index contributed by atoms with van der Waals surface area (Å²) >= 11 is 0. The molecule has 0 saturated carbocycles. The second-order valence-electron chi connectivity index (χ2n) is 11.3. The average Bonchev–Trinajstić information content (AvgIpc) is 3.04. The lowest BCUT2D eigenvalue weighted by Gasteiger charge is -2.43. The molecule has 4 aromatic carbocycles. The zero-order chi connectivity index (χ0) is 30.2. The van der Waals surface area contributed by atoms with Crippen molar-refractivity contribution in [3.63, 3.8) is 0 Å². The van der Waals surface area contributed by atoms with Gasteiger partial charge in [-0.2, -0.15) is 0 Å². The predicted octanol–water partition coefficient (Wildman–Crippen LogP) is 9.32. The van der Waals surface area contributed by atoms with Gasteiger partial charge in [-0.3, -0.25) is 5.23 Å². The Labute approximate surface area is 251 Å². The topological polar surface area (TPSA) is 63.2 Å². The standard InChI is InChI=1S/C36H46NO5/c1-7-35(5,8-2)37(38)42-26-24-40-32-22-20-28-16-12-14-18-30(28)34(32)33-29-17-13-11-15-27(29)19-21-31(33)39-23-25-41-36(6,9-3)10-4/h11-22H,7-10,23-26H2,1-6H3/q-1. The lowest BCUT2D eigenvalue weighted by atomic mass is 9.92. The molecule has 0 aliphatic carbocycles. The van der Waals surface area contributed by atoms with E-state index in [1.54, 1.807) is 0 Å². The van der Waals surface area contributed by atoms with Crippen molar-refractivity contribution >= 4 is 21.5 Å². The van der Waals surface area contributed by atoms with Crippen LogP contribution in [0.15, 0.2) is 72.8 Å². The van der Waals surface area contributed by atoms with Crippen LogP contribution in [0.5, 0.6) is 11.5 Å². The van der Waals surface area contributed by atoms with E-state index in [2.05, 4.69) is 57.2 Å². The summed E-state index contributed by atoms with van der Waals surface area (Å²) in [5, 5.41) is 17.7. The van der Waals surface area contributed by atoms with Crippen LogP contribution in [0, 0.1) is 5.21 Å². The first kappa shape index (κ1) is 31.8. The van der Waals surface area contributed by atoms with Crippen molar-refractivity contribution in [3.05, 3.63) is 78.0 Å². The molecule has 0 saturated heterocycles. The van der Waals surface area contributed by atoms with Crippen LogP contribution in [0.3, 0.4) is 0 Å². The second-order valence-corrected chi connectivity index (χ2v) is 11.3. The third-order valence-corrected chi connectivity index (χ3v) is 8.83. The highest BCUT2D eigenvalue weighted by Crippen LogP contribution is 2.45. The Morgan fingerprint density at radius 1 is 0.595 bits per heavy atom. The highest BCUT2D eigenvalue weighted by molar-refractivity contribution is 6.09. The molecular formula is C36H46NO5-. The summed E-state index contributed by atoms with van der Waals surface area (Å²) in [6.45, 7) is 13.7. The number of hydroxylamine groups is 2. The van der Waals surface area contributed by atoms with E-state index in [4.69, 9.17) is 19.0 Å². The first-order valence-electron chi connectivity index (χ1n) is 15.3. The molecule has 0 spiro atoms. The molecular weight excluding hydrogens is 526 g/mol. The second kappa shape index (κ2) is 14.3. The first-order valence-corrected chi connectivity index (χ1v) is 15.3. The molecule has 0 amide bonds. The number of benzene rings is 4. The van der Waals surface area contributed by atoms with Gasteiger partial charge in [0, 0.05) is 16.7 Å². The average molecular weight is 573 g/mol. The molecule has 0 N–H and O–H groups in total. The fourth-order valence-electron chi connectivity index (χ4n) is 5.09. The first-order chi connectivity index (χ1) is 20.3. The van der Waals surface area contributed by atoms with E-state index < -0.39 is 5.54 Å². The molecule has 0 heterocycles. The van der Waals surface area contributed by atoms with Gasteiger partial charge in [0.25, 0.3) is 0 Å². The van der Waals surface area contributed by atoms with Crippen molar-refractivity contribution in [3.8, 4) is 22.6 Å². The van der Waals surface area contributed by atoms with Gasteiger partial charge in [0.2, 0.25) is 0 Å². The zero-order valence-electron chi connectivity index (χ0n) is 26.1. The summed E-state index contributed by atoms with van der Waals surface area (Å²) < 4.78 is 19.0. The maximum Gasteiger partial charge on any atom is 0.128 e. The van der Waals surface area contributed by atoms with E-state index in [9.17, 15) is 5.21 Å². The Morgan fingerprint density at radius 3 is 1.55 bits per heavy atom. The third-order valence-electron chi connectivity index (χ3n) is 8.83. The number of nitrogens with zero attached hydrogens (tertiary/aromatic N) is 1. The van der Waals surface area contributed by atoms with Gasteiger partial charge in [-0.1, -0.05) is 88.4 Å². The number of hydrogen-bond acceptors (Lipinski definition) is 6. The quantitative estimate of drug-likeness (QED) is 0.0985. The highest BCUT2D eigenvalue weighted by atomic mass is 16.9. The van der Waals surface area contributed by atoms with Gasteiger partial charge in [0.15, 0.2) is 0 Å². The molecule has 4 aromatic rings. The number of hydrogen-bond donors (Lipinski definition) is 0. The molecule has 0 aromatic heterocycles. The number of rotatable bonds is 16. The monoisotopic (exact) mass is 572 g/mol. The maximum atomic E-state index is 12.6. The molecule has 42 heavy (non-hydrogen) atoms. The molecule has 226 valence electrons. The van der Waals surface area contributed by atoms with Gasteiger partial charge < -0.3 is 24.3 Å². The molecule has 0 atom stereocenters. The Kier molecular flexibility index (Phi) is 10.8. The van der Waals surface area contributed by atoms with Crippen LogP contribution in [0.25, 0.3) is 32.7 Å². The van der Waals surface area contributed by atoms with Crippen molar-refractivity contribution in [2.45, 2.75) is 78.4 Å². The van der Waals surface area contributed by atoms with Gasteiger partial charge in [-0.25, -0.2) is 0 Å². The van der Waals surface area contributed by atoms with Crippen LogP contribution in [0.4, 0.5) is 0 Å². The molecule has 0 bridgehead atoms. The van der Waals surface area contributed by atoms with E-state index in [1.165, 1.54) is 0 Å². The molecule has 0 aliphatic rings. The van der Waals surface area contributed by atoms with Crippen LogP contribution in [0.1, 0.15) is 67.2 Å². The van der Waals surface area contributed by atoms with Gasteiger partial charge in [0.1, 0.15) is 31.3 Å². The van der Waals surface area contributed by atoms with Crippen LogP contribution < -0.4 is 9.47 Å². The van der Waals surface area contributed by atoms with Crippen molar-refractivity contribution in [1.82, 2.24) is 5.23 Å². The molecule has 6 nitrogen and oxygen atoms in total. The van der Waals surface area contributed by atoms with Crippen LogP contribution in [0.2, 0.25) is 0 Å². The van der Waals surface area contributed by atoms with Crippen LogP contribution in [-0.2, 0) is 9.57 Å². The van der Waals surface area contributed by atoms with Gasteiger partial charge in [-0.05, 0) is 73.2 Å². The van der Waals surface area contributed by atoms with E-state index in [0.717, 1.165) is 56.5 Å². The zero-order valence-corrected chi connectivity index (χ0v) is 26.1. The lowest BCUT2D eigenvalue weighted by Crippen LogP contribution is -2.42. The van der Waals surface area contributed by atoms with E-state index in [0.29, 0.717) is 31.8 Å². The molecule has 0 aliphatic heterocycles. The SMILES string of the molecule is CCC(C)(CC)OCCOc1ccc2ccccc2c1-c1c(OCCON([O-])C(C)(CC)CC)ccc2ccccc12. The Bertz CT molecular complexity index is 1440. The van der Waals surface area contributed by atoms with Crippen molar-refractivity contribution < 1.29 is 19.0 Å². The molecule has 4 rings (SSSR count). The van der Waals surface area contributed by atoms with Gasteiger partial charge in [0.05, 0.1) is 12.2 Å². The summed E-state index contributed by atoms with van der Waals surface area (Å²) in [6.07, 6.45) is 3.30. The fourth-order valence-corrected chi connectivity index (χ4v) is 5.09. The summed E-state index contributed by atoms with van der Waals surface area (Å²) in [4.78, 5) is 5.56. The normalized spacial score (nSPS) is 12.4. The van der Waals surface area contributed by atoms with E-state index >= 15 is 0 Å². The molecule has 0 unspecified atom stereocenters. The van der Waals surface area contributed by atoms with Crippen molar-refractivity contribution in [2.24, 2.45) is 0 Å². The summed E-state index contributed by atoms with van der Waals surface area (Å²) in [7, 11) is 0. The smallest absolute Gasteiger partial charge is 0.128 e. The highest BCUT2D eigenvalue weighted by Gasteiger charge is 2.23. The summed E-state index contributed by atoms with van der Waals surface area (Å²) in [6, 6.07) is 24.8. The minimum Gasteiger partial charge on any atom is -0.762 e. The molecule has 0 fully saturated rings. The van der Waals surface area contributed by atoms with Crippen LogP contribution >= 0.6 is 0 Å². The van der Waals surface area contributed by atoms with Crippen molar-refractivity contribution in [2.75, 3.05) is 26.4 Å². The van der Waals surface area contributed by atoms with Crippen molar-refractivity contribution in [1.29, 1.82) is 0 Å². The predicted molar refractivity (Wildman–Crippen MR) is 173 cm³/mol. The third kappa shape index (κ3) is 7.07. The van der Waals surface area contributed by atoms with Gasteiger partial charge >= 0.3 is 0 Å². The molecule has 0 radical (unpaired) electrons. The number of ether oxygens (including phenoxy) is 3. The largest absolute Gasteiger partial charge is 0.762 e. The fraction of sp³-hybridized carbons (Fsp3) is 0.444. The number of fused-ring (bicyclic) bond motifs is 2. The van der Waals surface area contributed by atoms with Crippen LogP contribution in [-0.4, -0.2) is 42.8 Å². The maximum absolute atomic E-state index is 12.6.